The Morgan fingerprint density at radius 3 is 2.76 bits per heavy atom. The first-order valence-corrected chi connectivity index (χ1v) is 7.27. The lowest BCUT2D eigenvalue weighted by Crippen LogP contribution is -2.42. The van der Waals surface area contributed by atoms with Crippen molar-refractivity contribution in [2.24, 2.45) is 5.92 Å². The fourth-order valence-corrected chi connectivity index (χ4v) is 2.44. The van der Waals surface area contributed by atoms with E-state index in [0.29, 0.717) is 25.0 Å². The van der Waals surface area contributed by atoms with Gasteiger partial charge < -0.3 is 14.8 Å². The molecule has 0 aliphatic heterocycles. The largest absolute Gasteiger partial charge is 0.383 e. The zero-order valence-corrected chi connectivity index (χ0v) is 12.2. The molecule has 0 aromatic rings. The molecule has 0 aromatic carbocycles. The SMILES string of the molecule is CCOC1CC(CC(=O)NC(CBr)COC)C1. The summed E-state index contributed by atoms with van der Waals surface area (Å²) in [6.45, 7) is 3.32. The molecule has 4 nitrogen and oxygen atoms in total. The first-order valence-electron chi connectivity index (χ1n) is 6.15. The van der Waals surface area contributed by atoms with Crippen molar-refractivity contribution >= 4 is 21.8 Å². The molecule has 0 saturated heterocycles. The van der Waals surface area contributed by atoms with Gasteiger partial charge in [0.05, 0.1) is 18.8 Å². The second-order valence-electron chi connectivity index (χ2n) is 4.49. The minimum absolute atomic E-state index is 0.0651. The fraction of sp³-hybridized carbons (Fsp3) is 0.917. The van der Waals surface area contributed by atoms with E-state index in [4.69, 9.17) is 9.47 Å². The van der Waals surface area contributed by atoms with Gasteiger partial charge in [0.15, 0.2) is 0 Å². The maximum Gasteiger partial charge on any atom is 0.220 e. The third-order valence-electron chi connectivity index (χ3n) is 2.99. The molecular formula is C12H22BrNO3. The van der Waals surface area contributed by atoms with Crippen molar-refractivity contribution in [1.29, 1.82) is 0 Å². The molecule has 0 spiro atoms. The zero-order chi connectivity index (χ0) is 12.7. The minimum atomic E-state index is 0.0651. The molecule has 0 radical (unpaired) electrons. The van der Waals surface area contributed by atoms with Crippen LogP contribution in [0.4, 0.5) is 0 Å². The predicted molar refractivity (Wildman–Crippen MR) is 70.4 cm³/mol. The molecule has 0 aromatic heterocycles. The number of rotatable bonds is 8. The molecule has 0 bridgehead atoms. The molecule has 5 heteroatoms. The Balaban J connectivity index is 2.13. The van der Waals surface area contributed by atoms with Gasteiger partial charge in [-0.2, -0.15) is 0 Å². The molecule has 1 unspecified atom stereocenters. The van der Waals surface area contributed by atoms with Crippen molar-refractivity contribution in [3.63, 3.8) is 0 Å². The van der Waals surface area contributed by atoms with Gasteiger partial charge in [-0.3, -0.25) is 4.79 Å². The van der Waals surface area contributed by atoms with E-state index in [1.165, 1.54) is 0 Å². The Morgan fingerprint density at radius 2 is 2.24 bits per heavy atom. The van der Waals surface area contributed by atoms with E-state index < -0.39 is 0 Å². The van der Waals surface area contributed by atoms with Gasteiger partial charge >= 0.3 is 0 Å². The molecule has 100 valence electrons. The van der Waals surface area contributed by atoms with E-state index >= 15 is 0 Å². The number of carbonyl (C=O) groups excluding carboxylic acids is 1. The summed E-state index contributed by atoms with van der Waals surface area (Å²) >= 11 is 3.36. The summed E-state index contributed by atoms with van der Waals surface area (Å²) in [7, 11) is 1.64. The van der Waals surface area contributed by atoms with Gasteiger partial charge in [0.1, 0.15) is 0 Å². The van der Waals surface area contributed by atoms with Gasteiger partial charge in [0.2, 0.25) is 5.91 Å². The number of amides is 1. The zero-order valence-electron chi connectivity index (χ0n) is 10.6. The number of halogens is 1. The molecule has 1 saturated carbocycles. The topological polar surface area (TPSA) is 47.6 Å². The van der Waals surface area contributed by atoms with Gasteiger partial charge in [0.25, 0.3) is 0 Å². The average Bonchev–Trinajstić information content (AvgIpc) is 2.25. The van der Waals surface area contributed by atoms with Crippen LogP contribution in [0.3, 0.4) is 0 Å². The maximum atomic E-state index is 11.7. The number of alkyl halides is 1. The molecule has 1 rings (SSSR count). The van der Waals surface area contributed by atoms with Crippen molar-refractivity contribution < 1.29 is 14.3 Å². The highest BCUT2D eigenvalue weighted by molar-refractivity contribution is 9.09. The maximum absolute atomic E-state index is 11.7. The lowest BCUT2D eigenvalue weighted by molar-refractivity contribution is -0.125. The van der Waals surface area contributed by atoms with Crippen molar-refractivity contribution in [2.75, 3.05) is 25.7 Å². The first kappa shape index (κ1) is 14.9. The van der Waals surface area contributed by atoms with Crippen molar-refractivity contribution in [3.8, 4) is 0 Å². The minimum Gasteiger partial charge on any atom is -0.383 e. The fourth-order valence-electron chi connectivity index (χ4n) is 2.09. The highest BCUT2D eigenvalue weighted by Crippen LogP contribution is 2.32. The Morgan fingerprint density at radius 1 is 1.53 bits per heavy atom. The standard InChI is InChI=1S/C12H22BrNO3/c1-3-17-11-4-9(5-11)6-12(15)14-10(7-13)8-16-2/h9-11H,3-8H2,1-2H3,(H,14,15). The molecule has 1 N–H and O–H groups in total. The molecule has 1 aliphatic carbocycles. The number of carbonyl (C=O) groups is 1. The van der Waals surface area contributed by atoms with Crippen LogP contribution in [0.25, 0.3) is 0 Å². The first-order chi connectivity index (χ1) is 8.19. The lowest BCUT2D eigenvalue weighted by Gasteiger charge is -2.34. The van der Waals surface area contributed by atoms with Crippen molar-refractivity contribution in [3.05, 3.63) is 0 Å². The normalized spacial score (nSPS) is 25.1. The van der Waals surface area contributed by atoms with E-state index in [1.807, 2.05) is 6.92 Å². The van der Waals surface area contributed by atoms with Crippen LogP contribution in [-0.4, -0.2) is 43.7 Å². The summed E-state index contributed by atoms with van der Waals surface area (Å²) in [6.07, 6.45) is 3.02. The number of hydrogen-bond acceptors (Lipinski definition) is 3. The summed E-state index contributed by atoms with van der Waals surface area (Å²) in [5, 5.41) is 3.68. The number of nitrogens with one attached hydrogen (secondary N) is 1. The van der Waals surface area contributed by atoms with Gasteiger partial charge in [0, 0.05) is 25.5 Å². The summed E-state index contributed by atoms with van der Waals surface area (Å²) in [5.74, 6) is 0.608. The highest BCUT2D eigenvalue weighted by Gasteiger charge is 2.31. The number of methoxy groups -OCH3 is 1. The predicted octanol–water partition coefficient (Wildman–Crippen LogP) is 1.72. The molecule has 1 atom stereocenters. The monoisotopic (exact) mass is 307 g/mol. The highest BCUT2D eigenvalue weighted by atomic mass is 79.9. The summed E-state index contributed by atoms with van der Waals surface area (Å²) in [6, 6.07) is 0.0651. The molecule has 1 amide bonds. The van der Waals surface area contributed by atoms with E-state index in [0.717, 1.165) is 24.8 Å². The molecule has 1 aliphatic rings. The smallest absolute Gasteiger partial charge is 0.220 e. The van der Waals surface area contributed by atoms with Crippen LogP contribution < -0.4 is 5.32 Å². The second kappa shape index (κ2) is 8.06. The van der Waals surface area contributed by atoms with E-state index in [1.54, 1.807) is 7.11 Å². The van der Waals surface area contributed by atoms with Crippen molar-refractivity contribution in [1.82, 2.24) is 5.32 Å². The van der Waals surface area contributed by atoms with Gasteiger partial charge in [-0.05, 0) is 25.7 Å². The third kappa shape index (κ3) is 5.36. The molecule has 0 heterocycles. The molecular weight excluding hydrogens is 286 g/mol. The van der Waals surface area contributed by atoms with E-state index in [2.05, 4.69) is 21.2 Å². The van der Waals surface area contributed by atoms with E-state index in [-0.39, 0.29) is 11.9 Å². The Bertz CT molecular complexity index is 232. The molecule has 1 fully saturated rings. The Kier molecular flexibility index (Phi) is 7.08. The molecule has 17 heavy (non-hydrogen) atoms. The van der Waals surface area contributed by atoms with Crippen LogP contribution in [0.2, 0.25) is 0 Å². The second-order valence-corrected chi connectivity index (χ2v) is 5.14. The quantitative estimate of drug-likeness (QED) is 0.695. The van der Waals surface area contributed by atoms with Gasteiger partial charge in [-0.25, -0.2) is 0 Å². The van der Waals surface area contributed by atoms with Crippen LogP contribution in [0.1, 0.15) is 26.2 Å². The van der Waals surface area contributed by atoms with Crippen LogP contribution in [0, 0.1) is 5.92 Å². The van der Waals surface area contributed by atoms with Crippen LogP contribution in [0.5, 0.6) is 0 Å². The van der Waals surface area contributed by atoms with Gasteiger partial charge in [-0.1, -0.05) is 15.9 Å². The van der Waals surface area contributed by atoms with Crippen LogP contribution >= 0.6 is 15.9 Å². The number of ether oxygens (including phenoxy) is 2. The Labute approximate surface area is 112 Å². The van der Waals surface area contributed by atoms with Gasteiger partial charge in [-0.15, -0.1) is 0 Å². The summed E-state index contributed by atoms with van der Waals surface area (Å²) in [5.41, 5.74) is 0. The van der Waals surface area contributed by atoms with E-state index in [9.17, 15) is 4.79 Å². The summed E-state index contributed by atoms with van der Waals surface area (Å²) < 4.78 is 10.5. The number of hydrogen-bond donors (Lipinski definition) is 1. The van der Waals surface area contributed by atoms with Crippen LogP contribution in [-0.2, 0) is 14.3 Å². The Hall–Kier alpha value is -0.130. The van der Waals surface area contributed by atoms with Crippen molar-refractivity contribution in [2.45, 2.75) is 38.3 Å². The third-order valence-corrected chi connectivity index (χ3v) is 3.77. The summed E-state index contributed by atoms with van der Waals surface area (Å²) in [4.78, 5) is 11.7. The van der Waals surface area contributed by atoms with Crippen LogP contribution in [0.15, 0.2) is 0 Å². The average molecular weight is 308 g/mol. The lowest BCUT2D eigenvalue weighted by atomic mass is 9.80.